The van der Waals surface area contributed by atoms with Crippen molar-refractivity contribution in [2.45, 2.75) is 17.7 Å². The summed E-state index contributed by atoms with van der Waals surface area (Å²) >= 11 is 1.55. The molecule has 31 heavy (non-hydrogen) atoms. The smallest absolute Gasteiger partial charge is 0.240 e. The Morgan fingerprint density at radius 3 is 2.81 bits per heavy atom. The van der Waals surface area contributed by atoms with Crippen LogP contribution in [0.2, 0.25) is 0 Å². The molecule has 1 N–H and O–H groups in total. The summed E-state index contributed by atoms with van der Waals surface area (Å²) in [5.41, 5.74) is 0.966. The second kappa shape index (κ2) is 8.74. The third kappa shape index (κ3) is 4.41. The first-order valence-electron chi connectivity index (χ1n) is 10.7. The highest BCUT2D eigenvalue weighted by Gasteiger charge is 2.21. The quantitative estimate of drug-likeness (QED) is 0.549. The van der Waals surface area contributed by atoms with E-state index in [-0.39, 0.29) is 0 Å². The topological polar surface area (TPSA) is 74.8 Å². The van der Waals surface area contributed by atoms with E-state index in [1.165, 1.54) is 10.1 Å². The van der Waals surface area contributed by atoms with Gasteiger partial charge >= 0.3 is 0 Å². The zero-order valence-electron chi connectivity index (χ0n) is 17.3. The molecule has 0 amide bonds. The summed E-state index contributed by atoms with van der Waals surface area (Å²) in [6.07, 6.45) is 1.55. The van der Waals surface area contributed by atoms with Crippen LogP contribution in [0.25, 0.3) is 10.1 Å². The molecule has 0 spiro atoms. The molecule has 9 heteroatoms. The SMILES string of the molecule is O=S(=O)(NCCCN1CCN(c2nsc3ccccc23)CC1)c1ccc2c(c1)CCO2. The lowest BCUT2D eigenvalue weighted by Crippen LogP contribution is -2.47. The van der Waals surface area contributed by atoms with E-state index >= 15 is 0 Å². The lowest BCUT2D eigenvalue weighted by molar-refractivity contribution is 0.255. The number of sulfonamides is 1. The predicted molar refractivity (Wildman–Crippen MR) is 124 cm³/mol. The van der Waals surface area contributed by atoms with Gasteiger partial charge in [-0.1, -0.05) is 12.1 Å². The van der Waals surface area contributed by atoms with Crippen molar-refractivity contribution in [2.24, 2.45) is 0 Å². The molecule has 7 nitrogen and oxygen atoms in total. The van der Waals surface area contributed by atoms with Crippen LogP contribution in [0.15, 0.2) is 47.4 Å². The minimum atomic E-state index is -3.48. The zero-order chi connectivity index (χ0) is 21.3. The van der Waals surface area contributed by atoms with Crippen LogP contribution in [0.5, 0.6) is 5.75 Å². The first-order chi connectivity index (χ1) is 15.1. The molecule has 0 aliphatic carbocycles. The van der Waals surface area contributed by atoms with Crippen molar-refractivity contribution in [1.29, 1.82) is 0 Å². The summed E-state index contributed by atoms with van der Waals surface area (Å²) in [5.74, 6) is 1.89. The summed E-state index contributed by atoms with van der Waals surface area (Å²) in [6, 6.07) is 13.5. The van der Waals surface area contributed by atoms with Gasteiger partial charge in [0, 0.05) is 44.5 Å². The van der Waals surface area contributed by atoms with Crippen molar-refractivity contribution >= 4 is 37.5 Å². The molecule has 2 aromatic carbocycles. The fourth-order valence-corrected chi connectivity index (χ4v) is 6.13. The molecule has 3 aromatic rings. The van der Waals surface area contributed by atoms with E-state index in [1.807, 2.05) is 0 Å². The standard InChI is InChI=1S/C22H26N4O3S2/c27-31(28,18-6-7-20-17(16-18)8-15-29-20)23-9-3-10-25-11-13-26(14-12-25)22-19-4-1-2-5-21(19)30-24-22/h1-2,4-7,16,23H,3,8-15H2. The number of hydrogen-bond donors (Lipinski definition) is 1. The van der Waals surface area contributed by atoms with Gasteiger partial charge in [0.2, 0.25) is 10.0 Å². The van der Waals surface area contributed by atoms with E-state index in [0.717, 1.165) is 62.7 Å². The van der Waals surface area contributed by atoms with Crippen LogP contribution in [0, 0.1) is 0 Å². The van der Waals surface area contributed by atoms with Crippen LogP contribution in [-0.4, -0.2) is 63.6 Å². The molecular formula is C22H26N4O3S2. The number of hydrogen-bond acceptors (Lipinski definition) is 7. The van der Waals surface area contributed by atoms with Crippen LogP contribution in [0.4, 0.5) is 5.82 Å². The molecule has 0 saturated carbocycles. The van der Waals surface area contributed by atoms with Gasteiger partial charge in [0.1, 0.15) is 11.6 Å². The van der Waals surface area contributed by atoms with Crippen LogP contribution < -0.4 is 14.4 Å². The Kier molecular flexibility index (Phi) is 5.83. The van der Waals surface area contributed by atoms with E-state index in [1.54, 1.807) is 29.7 Å². The Morgan fingerprint density at radius 1 is 1.10 bits per heavy atom. The van der Waals surface area contributed by atoms with E-state index in [4.69, 9.17) is 4.74 Å². The van der Waals surface area contributed by atoms with Gasteiger partial charge in [0.15, 0.2) is 0 Å². The molecule has 1 aromatic heterocycles. The first kappa shape index (κ1) is 20.7. The van der Waals surface area contributed by atoms with Crippen LogP contribution in [-0.2, 0) is 16.4 Å². The molecule has 1 saturated heterocycles. The highest BCUT2D eigenvalue weighted by molar-refractivity contribution is 7.89. The second-order valence-electron chi connectivity index (χ2n) is 7.95. The molecule has 0 atom stereocenters. The summed E-state index contributed by atoms with van der Waals surface area (Å²) in [6.45, 7) is 5.75. The van der Waals surface area contributed by atoms with Gasteiger partial charge in [0.05, 0.1) is 16.2 Å². The minimum Gasteiger partial charge on any atom is -0.493 e. The molecule has 2 aliphatic rings. The average molecular weight is 459 g/mol. The van der Waals surface area contributed by atoms with Crippen molar-refractivity contribution < 1.29 is 13.2 Å². The van der Waals surface area contributed by atoms with Gasteiger partial charge in [0.25, 0.3) is 0 Å². The summed E-state index contributed by atoms with van der Waals surface area (Å²) in [7, 11) is -3.48. The average Bonchev–Trinajstić information content (AvgIpc) is 3.44. The monoisotopic (exact) mass is 458 g/mol. The van der Waals surface area contributed by atoms with E-state index in [9.17, 15) is 8.42 Å². The van der Waals surface area contributed by atoms with Crippen molar-refractivity contribution in [1.82, 2.24) is 14.0 Å². The Morgan fingerprint density at radius 2 is 1.94 bits per heavy atom. The van der Waals surface area contributed by atoms with Crippen molar-refractivity contribution in [3.63, 3.8) is 0 Å². The molecule has 2 aliphatic heterocycles. The maximum Gasteiger partial charge on any atom is 0.240 e. The number of benzene rings is 2. The van der Waals surface area contributed by atoms with Crippen molar-refractivity contribution in [3.8, 4) is 5.75 Å². The number of nitrogens with one attached hydrogen (secondary N) is 1. The lowest BCUT2D eigenvalue weighted by atomic mass is 10.2. The zero-order valence-corrected chi connectivity index (χ0v) is 18.9. The Balaban J connectivity index is 1.09. The summed E-state index contributed by atoms with van der Waals surface area (Å²) < 4.78 is 39.3. The fourth-order valence-electron chi connectivity index (χ4n) is 4.21. The Labute approximate surface area is 186 Å². The molecule has 3 heterocycles. The minimum absolute atomic E-state index is 0.320. The van der Waals surface area contributed by atoms with Crippen LogP contribution in [0.3, 0.4) is 0 Å². The van der Waals surface area contributed by atoms with Gasteiger partial charge < -0.3 is 9.64 Å². The summed E-state index contributed by atoms with van der Waals surface area (Å²) in [4.78, 5) is 5.07. The number of anilines is 1. The molecular weight excluding hydrogens is 432 g/mol. The number of piperazine rings is 1. The molecule has 0 radical (unpaired) electrons. The van der Waals surface area contributed by atoms with Crippen molar-refractivity contribution in [2.75, 3.05) is 50.8 Å². The fraction of sp³-hybridized carbons (Fsp3) is 0.409. The third-order valence-corrected chi connectivity index (χ3v) is 8.22. The number of aromatic nitrogens is 1. The van der Waals surface area contributed by atoms with Crippen LogP contribution in [0.1, 0.15) is 12.0 Å². The second-order valence-corrected chi connectivity index (χ2v) is 10.5. The van der Waals surface area contributed by atoms with Gasteiger partial charge in [-0.2, -0.15) is 4.37 Å². The first-order valence-corrected chi connectivity index (χ1v) is 12.9. The molecule has 0 unspecified atom stereocenters. The van der Waals surface area contributed by atoms with Gasteiger partial charge in [-0.25, -0.2) is 13.1 Å². The number of rotatable bonds is 7. The molecule has 0 bridgehead atoms. The maximum atomic E-state index is 12.6. The van der Waals surface area contributed by atoms with E-state index in [2.05, 4.69) is 43.2 Å². The maximum absolute atomic E-state index is 12.6. The summed E-state index contributed by atoms with van der Waals surface area (Å²) in [5, 5.41) is 1.23. The molecule has 5 rings (SSSR count). The van der Waals surface area contributed by atoms with Crippen LogP contribution >= 0.6 is 11.5 Å². The molecule has 1 fully saturated rings. The van der Waals surface area contributed by atoms with Crippen molar-refractivity contribution in [3.05, 3.63) is 48.0 Å². The lowest BCUT2D eigenvalue weighted by Gasteiger charge is -2.35. The number of fused-ring (bicyclic) bond motifs is 2. The normalized spacial score (nSPS) is 17.1. The Hall–Kier alpha value is -2.20. The largest absolute Gasteiger partial charge is 0.493 e. The number of ether oxygens (including phenoxy) is 1. The Bertz CT molecular complexity index is 1170. The van der Waals surface area contributed by atoms with E-state index < -0.39 is 10.0 Å². The highest BCUT2D eigenvalue weighted by atomic mass is 32.2. The van der Waals surface area contributed by atoms with E-state index in [0.29, 0.717) is 18.0 Å². The van der Waals surface area contributed by atoms with Gasteiger partial charge in [-0.3, -0.25) is 4.90 Å². The third-order valence-electron chi connectivity index (χ3n) is 5.94. The number of nitrogens with zero attached hydrogens (tertiary/aromatic N) is 3. The molecule has 164 valence electrons. The van der Waals surface area contributed by atoms with Gasteiger partial charge in [-0.15, -0.1) is 0 Å². The van der Waals surface area contributed by atoms with Gasteiger partial charge in [-0.05, 0) is 60.4 Å². The highest BCUT2D eigenvalue weighted by Crippen LogP contribution is 2.30. The predicted octanol–water partition coefficient (Wildman–Crippen LogP) is 2.72.